The standard InChI is InChI=1S/C66H69NO11/c1-3-35-71-37-11-5-7-14-40-74-59-31-27-52-43-56(23-21-54(52)45-59)64(68)77-61-33-34-63(78-65(69)57-24-22-55-46-60(32-28-53(55)44-57)75-41-15-8-6-12-38-72-36-4-2)62(47-61)66(70)76-42-16-10-9-13-39-73-58-29-25-51(26-30-58)50-19-17-49(48-67)18-20-50/h3-4,17-34,43-47H,1-2,5-16,35-42H2. The summed E-state index contributed by atoms with van der Waals surface area (Å²) in [5, 5.41) is 12.5. The molecule has 0 aliphatic rings. The van der Waals surface area contributed by atoms with E-state index in [0.29, 0.717) is 50.6 Å². The zero-order valence-corrected chi connectivity index (χ0v) is 44.4. The van der Waals surface area contributed by atoms with Crippen LogP contribution in [0.25, 0.3) is 32.7 Å². The summed E-state index contributed by atoms with van der Waals surface area (Å²) >= 11 is 0. The molecule has 0 N–H and O–H groups in total. The van der Waals surface area contributed by atoms with Gasteiger partial charge >= 0.3 is 17.9 Å². The number of nitrogens with zero attached hydrogens (tertiary/aromatic N) is 1. The quantitative estimate of drug-likeness (QED) is 0.0164. The van der Waals surface area contributed by atoms with E-state index in [2.05, 4.69) is 19.2 Å². The van der Waals surface area contributed by atoms with Crippen molar-refractivity contribution >= 4 is 39.5 Å². The van der Waals surface area contributed by atoms with Gasteiger partial charge in [0.1, 0.15) is 34.3 Å². The van der Waals surface area contributed by atoms with E-state index >= 15 is 0 Å². The minimum absolute atomic E-state index is 0.0439. The number of hydrogen-bond acceptors (Lipinski definition) is 12. The Kier molecular flexibility index (Phi) is 23.4. The Morgan fingerprint density at radius 1 is 0.410 bits per heavy atom. The van der Waals surface area contributed by atoms with Crippen molar-refractivity contribution in [2.45, 2.75) is 77.0 Å². The van der Waals surface area contributed by atoms with E-state index in [-0.39, 0.29) is 29.2 Å². The van der Waals surface area contributed by atoms with Crippen LogP contribution in [0.3, 0.4) is 0 Å². The lowest BCUT2D eigenvalue weighted by atomic mass is 10.0. The van der Waals surface area contributed by atoms with Crippen molar-refractivity contribution in [2.75, 3.05) is 52.9 Å². The van der Waals surface area contributed by atoms with Gasteiger partial charge in [-0.3, -0.25) is 0 Å². The lowest BCUT2D eigenvalue weighted by Gasteiger charge is -2.13. The van der Waals surface area contributed by atoms with E-state index in [4.69, 9.17) is 43.2 Å². The Morgan fingerprint density at radius 3 is 1.35 bits per heavy atom. The fraction of sp³-hybridized carbons (Fsp3) is 0.303. The summed E-state index contributed by atoms with van der Waals surface area (Å²) in [7, 11) is 0. The summed E-state index contributed by atoms with van der Waals surface area (Å²) < 4.78 is 46.3. The van der Waals surface area contributed by atoms with E-state index < -0.39 is 17.9 Å². The predicted molar refractivity (Wildman–Crippen MR) is 305 cm³/mol. The Labute approximate surface area is 458 Å². The van der Waals surface area contributed by atoms with Crippen LogP contribution in [-0.4, -0.2) is 70.8 Å². The monoisotopic (exact) mass is 1050 g/mol. The van der Waals surface area contributed by atoms with Crippen molar-refractivity contribution in [2.24, 2.45) is 0 Å². The van der Waals surface area contributed by atoms with Crippen LogP contribution in [0.1, 0.15) is 114 Å². The molecule has 0 saturated heterocycles. The highest BCUT2D eigenvalue weighted by Crippen LogP contribution is 2.30. The van der Waals surface area contributed by atoms with Gasteiger partial charge in [0, 0.05) is 13.2 Å². The van der Waals surface area contributed by atoms with E-state index in [1.165, 1.54) is 18.2 Å². The van der Waals surface area contributed by atoms with Crippen LogP contribution < -0.4 is 23.7 Å². The Bertz CT molecular complexity index is 3100. The van der Waals surface area contributed by atoms with Crippen molar-refractivity contribution in [3.63, 3.8) is 0 Å². The first-order chi connectivity index (χ1) is 38.3. The molecule has 0 saturated carbocycles. The molecule has 404 valence electrons. The predicted octanol–water partition coefficient (Wildman–Crippen LogP) is 15.0. The average molecular weight is 1050 g/mol. The summed E-state index contributed by atoms with van der Waals surface area (Å²) in [6.45, 7) is 11.8. The number of esters is 3. The molecule has 0 aromatic heterocycles. The molecule has 12 heteroatoms. The van der Waals surface area contributed by atoms with Gasteiger partial charge in [-0.05, 0) is 188 Å². The minimum atomic E-state index is -0.732. The fourth-order valence-electron chi connectivity index (χ4n) is 8.53. The number of carbonyl (C=O) groups is 3. The number of benzene rings is 7. The van der Waals surface area contributed by atoms with Crippen LogP contribution in [0.15, 0.2) is 165 Å². The van der Waals surface area contributed by atoms with Crippen LogP contribution in [0, 0.1) is 11.3 Å². The van der Waals surface area contributed by atoms with Gasteiger partial charge in [-0.25, -0.2) is 14.4 Å². The van der Waals surface area contributed by atoms with Crippen LogP contribution in [-0.2, 0) is 14.2 Å². The third-order valence-electron chi connectivity index (χ3n) is 12.8. The maximum absolute atomic E-state index is 13.8. The van der Waals surface area contributed by atoms with Gasteiger partial charge < -0.3 is 37.9 Å². The van der Waals surface area contributed by atoms with Crippen molar-refractivity contribution in [1.82, 2.24) is 0 Å². The second-order valence-corrected chi connectivity index (χ2v) is 18.7. The molecule has 0 aliphatic heterocycles. The van der Waals surface area contributed by atoms with Crippen molar-refractivity contribution in [3.8, 4) is 45.9 Å². The third-order valence-corrected chi connectivity index (χ3v) is 12.8. The van der Waals surface area contributed by atoms with Crippen molar-refractivity contribution < 1.29 is 52.3 Å². The molecule has 0 amide bonds. The Balaban J connectivity index is 0.934. The first-order valence-electron chi connectivity index (χ1n) is 27.0. The largest absolute Gasteiger partial charge is 0.494 e. The number of ether oxygens (including phenoxy) is 8. The highest BCUT2D eigenvalue weighted by atomic mass is 16.6. The van der Waals surface area contributed by atoms with E-state index in [9.17, 15) is 14.4 Å². The number of unbranched alkanes of at least 4 members (excludes halogenated alkanes) is 9. The summed E-state index contributed by atoms with van der Waals surface area (Å²) in [5.74, 6) is 0.236. The molecule has 7 rings (SSSR count). The first kappa shape index (κ1) is 57.5. The van der Waals surface area contributed by atoms with Gasteiger partial charge in [0.05, 0.1) is 62.4 Å². The van der Waals surface area contributed by atoms with Gasteiger partial charge in [0.15, 0.2) is 0 Å². The molecular formula is C66H69NO11. The molecule has 0 fully saturated rings. The maximum Gasteiger partial charge on any atom is 0.343 e. The normalized spacial score (nSPS) is 10.9. The molecular weight excluding hydrogens is 983 g/mol. The zero-order chi connectivity index (χ0) is 54.6. The summed E-state index contributed by atoms with van der Waals surface area (Å²) in [6, 6.07) is 43.6. The fourth-order valence-corrected chi connectivity index (χ4v) is 8.53. The van der Waals surface area contributed by atoms with Gasteiger partial charge in [0.25, 0.3) is 0 Å². The number of fused-ring (bicyclic) bond motifs is 2. The highest BCUT2D eigenvalue weighted by Gasteiger charge is 2.21. The molecule has 0 unspecified atom stereocenters. The molecule has 7 aromatic carbocycles. The Morgan fingerprint density at radius 2 is 0.833 bits per heavy atom. The number of carbonyl (C=O) groups excluding carboxylic acids is 3. The maximum atomic E-state index is 13.8. The van der Waals surface area contributed by atoms with Crippen LogP contribution in [0.4, 0.5) is 0 Å². The molecule has 7 aromatic rings. The SMILES string of the molecule is C=CCOCCCCCCOc1ccc2cc(C(=O)Oc3ccc(OC(=O)c4ccc5cc(OCCCCCCOCC=C)ccc5c4)c(C(=O)OCCCCCCOc4ccc(-c5ccc(C#N)cc5)cc4)c3)ccc2c1. The van der Waals surface area contributed by atoms with Crippen LogP contribution in [0.2, 0.25) is 0 Å². The Hall–Kier alpha value is -8.24. The molecule has 0 heterocycles. The number of rotatable bonds is 34. The van der Waals surface area contributed by atoms with Crippen molar-refractivity contribution in [1.29, 1.82) is 5.26 Å². The van der Waals surface area contributed by atoms with E-state index in [1.54, 1.807) is 48.6 Å². The average Bonchev–Trinajstić information content (AvgIpc) is 3.47. The molecule has 0 atom stereocenters. The van der Waals surface area contributed by atoms with Gasteiger partial charge in [0.2, 0.25) is 0 Å². The van der Waals surface area contributed by atoms with E-state index in [0.717, 1.165) is 134 Å². The molecule has 0 spiro atoms. The second-order valence-electron chi connectivity index (χ2n) is 18.7. The molecule has 78 heavy (non-hydrogen) atoms. The third kappa shape index (κ3) is 18.5. The molecule has 12 nitrogen and oxygen atoms in total. The van der Waals surface area contributed by atoms with Crippen LogP contribution >= 0.6 is 0 Å². The molecule has 0 aliphatic carbocycles. The van der Waals surface area contributed by atoms with Crippen LogP contribution in [0.5, 0.6) is 28.7 Å². The van der Waals surface area contributed by atoms with E-state index in [1.807, 2.05) is 84.9 Å². The molecule has 0 radical (unpaired) electrons. The number of hydrogen-bond donors (Lipinski definition) is 0. The second kappa shape index (κ2) is 31.7. The highest BCUT2D eigenvalue weighted by molar-refractivity contribution is 6.00. The first-order valence-corrected chi connectivity index (χ1v) is 27.0. The summed E-state index contributed by atoms with van der Waals surface area (Å²) in [5.41, 5.74) is 3.19. The summed E-state index contributed by atoms with van der Waals surface area (Å²) in [4.78, 5) is 41.2. The summed E-state index contributed by atoms with van der Waals surface area (Å²) in [6.07, 6.45) is 14.6. The van der Waals surface area contributed by atoms with Gasteiger partial charge in [-0.1, -0.05) is 73.5 Å². The van der Waals surface area contributed by atoms with Crippen molar-refractivity contribution in [3.05, 3.63) is 187 Å². The topological polar surface area (TPSA) is 149 Å². The van der Waals surface area contributed by atoms with Gasteiger partial charge in [-0.15, -0.1) is 13.2 Å². The number of nitriles is 1. The smallest absolute Gasteiger partial charge is 0.343 e. The molecule has 0 bridgehead atoms. The zero-order valence-electron chi connectivity index (χ0n) is 44.4. The van der Waals surface area contributed by atoms with Gasteiger partial charge in [-0.2, -0.15) is 5.26 Å². The lowest BCUT2D eigenvalue weighted by Crippen LogP contribution is -2.14. The minimum Gasteiger partial charge on any atom is -0.494 e. The lowest BCUT2D eigenvalue weighted by molar-refractivity contribution is 0.0489.